The minimum absolute atomic E-state index is 0.266. The minimum atomic E-state index is -0.404. The average Bonchev–Trinajstić information content (AvgIpc) is 2.64. The Bertz CT molecular complexity index is 420. The van der Waals surface area contributed by atoms with Crippen LogP contribution in [0.1, 0.15) is 60.4 Å². The summed E-state index contributed by atoms with van der Waals surface area (Å²) in [4.78, 5) is 11.4. The van der Waals surface area contributed by atoms with Crippen LogP contribution in [0.15, 0.2) is 10.5 Å². The molecule has 1 saturated carbocycles. The van der Waals surface area contributed by atoms with Crippen molar-refractivity contribution in [2.24, 2.45) is 5.84 Å². The SMILES string of the molecule is Cc1cc(COC2CCCCCC2)oc1C(=O)NN. The monoisotopic (exact) mass is 266 g/mol. The van der Waals surface area contributed by atoms with Crippen LogP contribution >= 0.6 is 0 Å². The van der Waals surface area contributed by atoms with Crippen molar-refractivity contribution in [1.82, 2.24) is 5.43 Å². The number of nitrogen functional groups attached to an aromatic ring is 1. The molecule has 1 heterocycles. The van der Waals surface area contributed by atoms with E-state index in [2.05, 4.69) is 5.43 Å². The highest BCUT2D eigenvalue weighted by atomic mass is 16.5. The summed E-state index contributed by atoms with van der Waals surface area (Å²) in [6.07, 6.45) is 7.65. The third-order valence-electron chi connectivity index (χ3n) is 3.57. The second-order valence-electron chi connectivity index (χ2n) is 5.12. The molecule has 0 unspecified atom stereocenters. The molecule has 5 heteroatoms. The molecule has 0 saturated heterocycles. The van der Waals surface area contributed by atoms with Gasteiger partial charge in [-0.05, 0) is 25.8 Å². The van der Waals surface area contributed by atoms with E-state index in [0.717, 1.165) is 18.4 Å². The van der Waals surface area contributed by atoms with Crippen molar-refractivity contribution >= 4 is 5.91 Å². The maximum Gasteiger partial charge on any atom is 0.301 e. The van der Waals surface area contributed by atoms with Crippen LogP contribution in [-0.4, -0.2) is 12.0 Å². The maximum absolute atomic E-state index is 11.4. The van der Waals surface area contributed by atoms with Crippen molar-refractivity contribution < 1.29 is 13.9 Å². The number of carbonyl (C=O) groups excluding carboxylic acids is 1. The van der Waals surface area contributed by atoms with Gasteiger partial charge in [-0.2, -0.15) is 0 Å². The minimum Gasteiger partial charge on any atom is -0.453 e. The van der Waals surface area contributed by atoms with Gasteiger partial charge in [0, 0.05) is 5.56 Å². The van der Waals surface area contributed by atoms with Gasteiger partial charge in [0.2, 0.25) is 0 Å². The molecule has 2 rings (SSSR count). The summed E-state index contributed by atoms with van der Waals surface area (Å²) in [5.41, 5.74) is 2.86. The third kappa shape index (κ3) is 3.81. The molecule has 0 aromatic carbocycles. The molecule has 3 N–H and O–H groups in total. The lowest BCUT2D eigenvalue weighted by atomic mass is 10.1. The summed E-state index contributed by atoms with van der Waals surface area (Å²) in [5.74, 6) is 5.64. The molecule has 1 aromatic rings. The summed E-state index contributed by atoms with van der Waals surface area (Å²) in [7, 11) is 0. The highest BCUT2D eigenvalue weighted by Crippen LogP contribution is 2.22. The standard InChI is InChI=1S/C14H22N2O3/c1-10-8-12(19-13(10)14(17)16-15)9-18-11-6-4-2-3-5-7-11/h8,11H,2-7,9,15H2,1H3,(H,16,17). The number of hydrogen-bond donors (Lipinski definition) is 2. The van der Waals surface area contributed by atoms with E-state index in [0.29, 0.717) is 18.5 Å². The Morgan fingerprint density at radius 1 is 1.42 bits per heavy atom. The normalized spacial score (nSPS) is 17.2. The van der Waals surface area contributed by atoms with Crippen LogP contribution in [0.3, 0.4) is 0 Å². The molecule has 0 aliphatic heterocycles. The Balaban J connectivity index is 1.90. The Morgan fingerprint density at radius 2 is 2.11 bits per heavy atom. The fourth-order valence-electron chi connectivity index (χ4n) is 2.52. The number of aryl methyl sites for hydroxylation is 1. The Hall–Kier alpha value is -1.33. The first-order valence-electron chi connectivity index (χ1n) is 6.92. The van der Waals surface area contributed by atoms with Crippen LogP contribution in [0.4, 0.5) is 0 Å². The van der Waals surface area contributed by atoms with Crippen molar-refractivity contribution in [2.45, 2.75) is 58.2 Å². The van der Waals surface area contributed by atoms with Crippen molar-refractivity contribution in [3.05, 3.63) is 23.2 Å². The smallest absolute Gasteiger partial charge is 0.301 e. The number of furan rings is 1. The third-order valence-corrected chi connectivity index (χ3v) is 3.57. The van der Waals surface area contributed by atoms with Gasteiger partial charge >= 0.3 is 5.91 Å². The van der Waals surface area contributed by atoms with E-state index in [-0.39, 0.29) is 5.76 Å². The zero-order valence-corrected chi connectivity index (χ0v) is 11.4. The molecule has 0 spiro atoms. The average molecular weight is 266 g/mol. The second-order valence-corrected chi connectivity index (χ2v) is 5.12. The fourth-order valence-corrected chi connectivity index (χ4v) is 2.52. The molecular weight excluding hydrogens is 244 g/mol. The second kappa shape index (κ2) is 6.73. The number of ether oxygens (including phenoxy) is 1. The number of hydrazine groups is 1. The molecule has 1 aromatic heterocycles. The zero-order chi connectivity index (χ0) is 13.7. The van der Waals surface area contributed by atoms with Crippen LogP contribution in [0.2, 0.25) is 0 Å². The molecule has 19 heavy (non-hydrogen) atoms. The first kappa shape index (κ1) is 14.1. The Morgan fingerprint density at radius 3 is 2.74 bits per heavy atom. The van der Waals surface area contributed by atoms with Crippen LogP contribution in [0.5, 0.6) is 0 Å². The van der Waals surface area contributed by atoms with Gasteiger partial charge in [0.15, 0.2) is 5.76 Å². The van der Waals surface area contributed by atoms with Gasteiger partial charge in [0.05, 0.1) is 6.10 Å². The molecule has 1 aliphatic rings. The van der Waals surface area contributed by atoms with E-state index in [1.165, 1.54) is 25.7 Å². The lowest BCUT2D eigenvalue weighted by Crippen LogP contribution is -2.30. The first-order chi connectivity index (χ1) is 9.20. The van der Waals surface area contributed by atoms with E-state index >= 15 is 0 Å². The van der Waals surface area contributed by atoms with Crippen LogP contribution in [-0.2, 0) is 11.3 Å². The molecule has 1 fully saturated rings. The summed E-state index contributed by atoms with van der Waals surface area (Å²) in [6.45, 7) is 2.24. The van der Waals surface area contributed by atoms with Gasteiger partial charge in [-0.25, -0.2) is 5.84 Å². The zero-order valence-electron chi connectivity index (χ0n) is 11.4. The van der Waals surface area contributed by atoms with Crippen LogP contribution in [0, 0.1) is 6.92 Å². The molecular formula is C14H22N2O3. The van der Waals surface area contributed by atoms with Crippen LogP contribution in [0.25, 0.3) is 0 Å². The molecule has 0 bridgehead atoms. The van der Waals surface area contributed by atoms with E-state index in [4.69, 9.17) is 15.0 Å². The van der Waals surface area contributed by atoms with E-state index < -0.39 is 5.91 Å². The lowest BCUT2D eigenvalue weighted by molar-refractivity contribution is 0.0215. The number of hydrogen-bond acceptors (Lipinski definition) is 4. The molecule has 0 radical (unpaired) electrons. The largest absolute Gasteiger partial charge is 0.453 e. The van der Waals surface area contributed by atoms with Gasteiger partial charge in [0.25, 0.3) is 0 Å². The summed E-state index contributed by atoms with van der Waals surface area (Å²) in [6, 6.07) is 1.83. The predicted octanol–water partition coefficient (Wildman–Crippen LogP) is 2.43. The molecule has 0 atom stereocenters. The lowest BCUT2D eigenvalue weighted by Gasteiger charge is -2.13. The quantitative estimate of drug-likeness (QED) is 0.380. The molecule has 1 aliphatic carbocycles. The predicted molar refractivity (Wildman–Crippen MR) is 71.4 cm³/mol. The summed E-state index contributed by atoms with van der Waals surface area (Å²) >= 11 is 0. The van der Waals surface area contributed by atoms with E-state index in [1.807, 2.05) is 13.0 Å². The van der Waals surface area contributed by atoms with Crippen molar-refractivity contribution in [1.29, 1.82) is 0 Å². The van der Waals surface area contributed by atoms with Crippen molar-refractivity contribution in [3.8, 4) is 0 Å². The first-order valence-corrected chi connectivity index (χ1v) is 6.92. The van der Waals surface area contributed by atoms with Crippen molar-refractivity contribution in [2.75, 3.05) is 0 Å². The Kier molecular flexibility index (Phi) is 4.99. The molecule has 5 nitrogen and oxygen atoms in total. The number of nitrogens with one attached hydrogen (secondary N) is 1. The summed E-state index contributed by atoms with van der Waals surface area (Å²) in [5, 5.41) is 0. The van der Waals surface area contributed by atoms with Crippen molar-refractivity contribution in [3.63, 3.8) is 0 Å². The number of carbonyl (C=O) groups is 1. The number of rotatable bonds is 4. The molecule has 106 valence electrons. The Labute approximate surface area is 113 Å². The van der Waals surface area contributed by atoms with Gasteiger partial charge in [-0.3, -0.25) is 10.2 Å². The summed E-state index contributed by atoms with van der Waals surface area (Å²) < 4.78 is 11.3. The van der Waals surface area contributed by atoms with Gasteiger partial charge in [-0.1, -0.05) is 25.7 Å². The van der Waals surface area contributed by atoms with Crippen LogP contribution < -0.4 is 11.3 Å². The topological polar surface area (TPSA) is 77.5 Å². The number of amides is 1. The number of nitrogens with two attached hydrogens (primary N) is 1. The van der Waals surface area contributed by atoms with E-state index in [1.54, 1.807) is 0 Å². The van der Waals surface area contributed by atoms with Gasteiger partial charge in [-0.15, -0.1) is 0 Å². The highest BCUT2D eigenvalue weighted by molar-refractivity contribution is 5.92. The molecule has 1 amide bonds. The van der Waals surface area contributed by atoms with E-state index in [9.17, 15) is 4.79 Å². The fraction of sp³-hybridized carbons (Fsp3) is 0.643. The van der Waals surface area contributed by atoms with Gasteiger partial charge in [0.1, 0.15) is 12.4 Å². The maximum atomic E-state index is 11.4. The van der Waals surface area contributed by atoms with Gasteiger partial charge < -0.3 is 9.15 Å². The highest BCUT2D eigenvalue weighted by Gasteiger charge is 2.17.